The van der Waals surface area contributed by atoms with Crippen molar-refractivity contribution < 1.29 is 4.42 Å². The van der Waals surface area contributed by atoms with Crippen molar-refractivity contribution >= 4 is 11.0 Å². The summed E-state index contributed by atoms with van der Waals surface area (Å²) in [7, 11) is 0. The van der Waals surface area contributed by atoms with Gasteiger partial charge in [0, 0.05) is 17.0 Å². The summed E-state index contributed by atoms with van der Waals surface area (Å²) in [6, 6.07) is 5.08. The van der Waals surface area contributed by atoms with Gasteiger partial charge in [0.2, 0.25) is 0 Å². The Morgan fingerprint density at radius 3 is 2.61 bits per heavy atom. The summed E-state index contributed by atoms with van der Waals surface area (Å²) in [5, 5.41) is 4.89. The molecule has 1 aliphatic rings. The summed E-state index contributed by atoms with van der Waals surface area (Å²) in [6.07, 6.45) is 3.68. The maximum atomic E-state index is 6.12. The Labute approximate surface area is 108 Å². The number of furan rings is 1. The van der Waals surface area contributed by atoms with E-state index in [-0.39, 0.29) is 0 Å². The van der Waals surface area contributed by atoms with Gasteiger partial charge >= 0.3 is 0 Å². The molecule has 1 aliphatic carbocycles. The van der Waals surface area contributed by atoms with E-state index in [1.54, 1.807) is 0 Å². The molecule has 2 nitrogen and oxygen atoms in total. The van der Waals surface area contributed by atoms with Gasteiger partial charge in [-0.05, 0) is 44.2 Å². The third-order valence-electron chi connectivity index (χ3n) is 3.91. The zero-order chi connectivity index (χ0) is 12.7. The molecule has 1 saturated carbocycles. The first-order valence-corrected chi connectivity index (χ1v) is 6.94. The van der Waals surface area contributed by atoms with Gasteiger partial charge in [-0.15, -0.1) is 0 Å². The minimum absolute atomic E-state index is 0.727. The predicted molar refractivity (Wildman–Crippen MR) is 74.9 cm³/mol. The molecule has 1 N–H and O–H groups in total. The van der Waals surface area contributed by atoms with E-state index in [1.807, 2.05) is 0 Å². The van der Waals surface area contributed by atoms with Crippen molar-refractivity contribution in [3.63, 3.8) is 0 Å². The van der Waals surface area contributed by atoms with Crippen LogP contribution in [0.5, 0.6) is 0 Å². The summed E-state index contributed by atoms with van der Waals surface area (Å²) in [4.78, 5) is 0. The first-order chi connectivity index (χ1) is 8.70. The van der Waals surface area contributed by atoms with Crippen LogP contribution >= 0.6 is 0 Å². The Balaban J connectivity index is 2.06. The molecule has 0 radical (unpaired) electrons. The highest BCUT2D eigenvalue weighted by Gasteiger charge is 2.22. The van der Waals surface area contributed by atoms with Crippen LogP contribution < -0.4 is 5.32 Å². The van der Waals surface area contributed by atoms with Gasteiger partial charge in [-0.3, -0.25) is 0 Å². The van der Waals surface area contributed by atoms with E-state index in [1.165, 1.54) is 34.9 Å². The van der Waals surface area contributed by atoms with Crippen molar-refractivity contribution in [3.8, 4) is 0 Å². The number of aryl methyl sites for hydroxylation is 3. The van der Waals surface area contributed by atoms with Crippen LogP contribution in [-0.2, 0) is 13.0 Å². The van der Waals surface area contributed by atoms with Crippen molar-refractivity contribution in [1.82, 2.24) is 5.32 Å². The van der Waals surface area contributed by atoms with E-state index in [2.05, 4.69) is 38.2 Å². The lowest BCUT2D eigenvalue weighted by molar-refractivity contribution is 0.506. The number of fused-ring (bicyclic) bond motifs is 1. The van der Waals surface area contributed by atoms with Crippen molar-refractivity contribution in [3.05, 3.63) is 34.6 Å². The molecule has 0 spiro atoms. The molecular formula is C16H21NO. The van der Waals surface area contributed by atoms with Crippen LogP contribution in [0, 0.1) is 13.8 Å². The van der Waals surface area contributed by atoms with E-state index in [9.17, 15) is 0 Å². The fourth-order valence-corrected chi connectivity index (χ4v) is 2.66. The number of hydrogen-bond donors (Lipinski definition) is 1. The molecule has 96 valence electrons. The molecule has 0 aliphatic heterocycles. The summed E-state index contributed by atoms with van der Waals surface area (Å²) in [5.74, 6) is 1.14. The summed E-state index contributed by atoms with van der Waals surface area (Å²) in [5.41, 5.74) is 5.04. The van der Waals surface area contributed by atoms with Crippen molar-refractivity contribution in [2.45, 2.75) is 52.6 Å². The molecule has 18 heavy (non-hydrogen) atoms. The summed E-state index contributed by atoms with van der Waals surface area (Å²) in [6.45, 7) is 7.39. The molecule has 0 saturated heterocycles. The lowest BCUT2D eigenvalue weighted by Crippen LogP contribution is -2.15. The number of rotatable bonds is 4. The summed E-state index contributed by atoms with van der Waals surface area (Å²) < 4.78 is 6.12. The van der Waals surface area contributed by atoms with Crippen LogP contribution in [0.15, 0.2) is 16.5 Å². The van der Waals surface area contributed by atoms with Gasteiger partial charge < -0.3 is 9.73 Å². The highest BCUT2D eigenvalue weighted by molar-refractivity contribution is 5.88. The average Bonchev–Trinajstić information content (AvgIpc) is 3.11. The van der Waals surface area contributed by atoms with E-state index in [0.717, 1.165) is 30.4 Å². The average molecular weight is 243 g/mol. The van der Waals surface area contributed by atoms with Crippen molar-refractivity contribution in [2.75, 3.05) is 0 Å². The van der Waals surface area contributed by atoms with Crippen LogP contribution in [0.3, 0.4) is 0 Å². The van der Waals surface area contributed by atoms with Gasteiger partial charge in [0.05, 0.1) is 6.54 Å². The van der Waals surface area contributed by atoms with E-state index < -0.39 is 0 Å². The topological polar surface area (TPSA) is 25.2 Å². The van der Waals surface area contributed by atoms with Gasteiger partial charge in [-0.1, -0.05) is 19.1 Å². The van der Waals surface area contributed by atoms with Crippen LogP contribution in [-0.4, -0.2) is 6.04 Å². The Hall–Kier alpha value is -1.28. The van der Waals surface area contributed by atoms with Gasteiger partial charge in [0.1, 0.15) is 11.3 Å². The second-order valence-electron chi connectivity index (χ2n) is 5.42. The Morgan fingerprint density at radius 2 is 1.94 bits per heavy atom. The lowest BCUT2D eigenvalue weighted by Gasteiger charge is -2.02. The minimum Gasteiger partial charge on any atom is -0.459 e. The molecule has 3 rings (SSSR count). The summed E-state index contributed by atoms with van der Waals surface area (Å²) >= 11 is 0. The number of hydrogen-bond acceptors (Lipinski definition) is 2. The molecule has 1 aromatic heterocycles. The Morgan fingerprint density at radius 1 is 1.22 bits per heavy atom. The van der Waals surface area contributed by atoms with Gasteiger partial charge in [0.15, 0.2) is 0 Å². The predicted octanol–water partition coefficient (Wildman–Crippen LogP) is 3.86. The Bertz CT molecular complexity index is 578. The van der Waals surface area contributed by atoms with Crippen LogP contribution in [0.2, 0.25) is 0 Å². The maximum Gasteiger partial charge on any atom is 0.137 e. The van der Waals surface area contributed by atoms with E-state index in [0.29, 0.717) is 0 Å². The zero-order valence-corrected chi connectivity index (χ0v) is 11.5. The molecule has 1 heterocycles. The number of benzene rings is 1. The fraction of sp³-hybridized carbons (Fsp3) is 0.500. The standard InChI is InChI=1S/C16H21NO/c1-4-13-14(9-17-12-7-8-12)18-16-11(3)6-5-10(2)15(13)16/h5-6,12,17H,4,7-9H2,1-3H3. The zero-order valence-electron chi connectivity index (χ0n) is 11.5. The first kappa shape index (κ1) is 11.8. The molecule has 2 aromatic rings. The lowest BCUT2D eigenvalue weighted by atomic mass is 10.0. The SMILES string of the molecule is CCc1c(CNC2CC2)oc2c(C)ccc(C)c12. The quantitative estimate of drug-likeness (QED) is 0.882. The van der Waals surface area contributed by atoms with Crippen molar-refractivity contribution in [1.29, 1.82) is 0 Å². The molecule has 0 bridgehead atoms. The molecule has 2 heteroatoms. The highest BCUT2D eigenvalue weighted by Crippen LogP contribution is 2.32. The Kier molecular flexibility index (Phi) is 2.90. The van der Waals surface area contributed by atoms with Gasteiger partial charge in [-0.2, -0.15) is 0 Å². The van der Waals surface area contributed by atoms with E-state index >= 15 is 0 Å². The highest BCUT2D eigenvalue weighted by atomic mass is 16.3. The minimum atomic E-state index is 0.727. The second-order valence-corrected chi connectivity index (χ2v) is 5.42. The normalized spacial score (nSPS) is 15.5. The van der Waals surface area contributed by atoms with Crippen LogP contribution in [0.25, 0.3) is 11.0 Å². The molecule has 0 unspecified atom stereocenters. The molecule has 0 atom stereocenters. The smallest absolute Gasteiger partial charge is 0.137 e. The molecule has 1 fully saturated rings. The maximum absolute atomic E-state index is 6.12. The van der Waals surface area contributed by atoms with Gasteiger partial charge in [0.25, 0.3) is 0 Å². The largest absolute Gasteiger partial charge is 0.459 e. The third kappa shape index (κ3) is 1.95. The van der Waals surface area contributed by atoms with Crippen LogP contribution in [0.1, 0.15) is 42.2 Å². The number of nitrogens with one attached hydrogen (secondary N) is 1. The molecular weight excluding hydrogens is 222 g/mol. The van der Waals surface area contributed by atoms with Gasteiger partial charge in [-0.25, -0.2) is 0 Å². The molecule has 0 amide bonds. The first-order valence-electron chi connectivity index (χ1n) is 6.94. The van der Waals surface area contributed by atoms with Crippen LogP contribution in [0.4, 0.5) is 0 Å². The second kappa shape index (κ2) is 4.43. The fourth-order valence-electron chi connectivity index (χ4n) is 2.66. The van der Waals surface area contributed by atoms with Crippen molar-refractivity contribution in [2.24, 2.45) is 0 Å². The monoisotopic (exact) mass is 243 g/mol. The van der Waals surface area contributed by atoms with E-state index in [4.69, 9.17) is 4.42 Å². The third-order valence-corrected chi connectivity index (χ3v) is 3.91. The molecule has 1 aromatic carbocycles.